The van der Waals surface area contributed by atoms with Crippen LogP contribution >= 0.6 is 27.3 Å². The number of nitrogens with one attached hydrogen (secondary N) is 2. The maximum atomic E-state index is 12.4. The Balaban J connectivity index is 2.26. The van der Waals surface area contributed by atoms with Crippen LogP contribution in [0.4, 0.5) is 5.13 Å². The second-order valence-electron chi connectivity index (χ2n) is 4.26. The Bertz CT molecular complexity index is 731. The molecule has 114 valence electrons. The monoisotopic (exact) mass is 390 g/mol. The molecule has 0 amide bonds. The van der Waals surface area contributed by atoms with E-state index in [4.69, 9.17) is 0 Å². The maximum absolute atomic E-state index is 12.4. The number of halogens is 1. The Morgan fingerprint density at radius 3 is 2.67 bits per heavy atom. The summed E-state index contributed by atoms with van der Waals surface area (Å²) < 4.78 is 27.7. The third-order valence-electron chi connectivity index (χ3n) is 2.66. The standard InChI is InChI=1S/C12H15BrN4O2S2/c1-3-11-15-16-12(20-11)17-21(18,19)10-5-4-8(7-14-2)6-9(10)13/h4-6,14H,3,7H2,1-2H3,(H,16,17). The average molecular weight is 391 g/mol. The highest BCUT2D eigenvalue weighted by molar-refractivity contribution is 9.10. The first-order chi connectivity index (χ1) is 9.96. The molecule has 0 saturated carbocycles. The molecular formula is C12H15BrN4O2S2. The number of rotatable bonds is 6. The summed E-state index contributed by atoms with van der Waals surface area (Å²) in [6, 6.07) is 5.12. The zero-order chi connectivity index (χ0) is 15.5. The summed E-state index contributed by atoms with van der Waals surface area (Å²) in [5.74, 6) is 0. The molecule has 0 bridgehead atoms. The van der Waals surface area contributed by atoms with Crippen molar-refractivity contribution in [1.82, 2.24) is 15.5 Å². The van der Waals surface area contributed by atoms with Crippen LogP contribution in [0.15, 0.2) is 27.6 Å². The van der Waals surface area contributed by atoms with Gasteiger partial charge in [-0.15, -0.1) is 10.2 Å². The van der Waals surface area contributed by atoms with Crippen molar-refractivity contribution < 1.29 is 8.42 Å². The van der Waals surface area contributed by atoms with Crippen molar-refractivity contribution in [2.45, 2.75) is 24.8 Å². The van der Waals surface area contributed by atoms with E-state index >= 15 is 0 Å². The molecule has 0 radical (unpaired) electrons. The van der Waals surface area contributed by atoms with Crippen LogP contribution in [0.2, 0.25) is 0 Å². The van der Waals surface area contributed by atoms with E-state index in [0.717, 1.165) is 17.0 Å². The molecule has 1 aromatic carbocycles. The molecule has 0 aliphatic rings. The predicted molar refractivity (Wildman–Crippen MR) is 87.0 cm³/mol. The first-order valence-electron chi connectivity index (χ1n) is 6.24. The lowest BCUT2D eigenvalue weighted by atomic mass is 10.2. The van der Waals surface area contributed by atoms with Crippen LogP contribution in [0.5, 0.6) is 0 Å². The Hall–Kier alpha value is -1.03. The van der Waals surface area contributed by atoms with Crippen LogP contribution in [-0.2, 0) is 23.0 Å². The zero-order valence-electron chi connectivity index (χ0n) is 11.6. The van der Waals surface area contributed by atoms with Crippen LogP contribution in [0.25, 0.3) is 0 Å². The lowest BCUT2D eigenvalue weighted by Crippen LogP contribution is -2.14. The van der Waals surface area contributed by atoms with Gasteiger partial charge in [0.05, 0.1) is 0 Å². The van der Waals surface area contributed by atoms with E-state index in [0.29, 0.717) is 11.0 Å². The number of aromatic nitrogens is 2. The normalized spacial score (nSPS) is 11.6. The summed E-state index contributed by atoms with van der Waals surface area (Å²) in [4.78, 5) is 0.176. The molecule has 6 nitrogen and oxygen atoms in total. The van der Waals surface area contributed by atoms with Crippen molar-refractivity contribution in [2.75, 3.05) is 11.8 Å². The van der Waals surface area contributed by atoms with Gasteiger partial charge >= 0.3 is 0 Å². The Morgan fingerprint density at radius 2 is 2.10 bits per heavy atom. The second kappa shape index (κ2) is 6.82. The topological polar surface area (TPSA) is 84.0 Å². The second-order valence-corrected chi connectivity index (χ2v) is 7.82. The van der Waals surface area contributed by atoms with Gasteiger partial charge in [-0.3, -0.25) is 4.72 Å². The van der Waals surface area contributed by atoms with Gasteiger partial charge in [0.15, 0.2) is 0 Å². The van der Waals surface area contributed by atoms with Gasteiger partial charge in [0.25, 0.3) is 10.0 Å². The minimum Gasteiger partial charge on any atom is -0.316 e. The molecule has 0 saturated heterocycles. The Labute approximate surface area is 136 Å². The van der Waals surface area contributed by atoms with E-state index in [1.807, 2.05) is 14.0 Å². The van der Waals surface area contributed by atoms with Crippen LogP contribution in [0.1, 0.15) is 17.5 Å². The highest BCUT2D eigenvalue weighted by atomic mass is 79.9. The fourth-order valence-corrected chi connectivity index (χ4v) is 4.72. The third-order valence-corrected chi connectivity index (χ3v) is 6.09. The summed E-state index contributed by atoms with van der Waals surface area (Å²) in [7, 11) is -1.85. The number of hydrogen-bond acceptors (Lipinski definition) is 6. The fraction of sp³-hybridized carbons (Fsp3) is 0.333. The van der Waals surface area contributed by atoms with Crippen molar-refractivity contribution in [3.05, 3.63) is 33.2 Å². The number of aryl methyl sites for hydroxylation is 1. The van der Waals surface area contributed by atoms with Crippen LogP contribution in [-0.4, -0.2) is 25.7 Å². The molecule has 1 heterocycles. The number of sulfonamides is 1. The molecule has 21 heavy (non-hydrogen) atoms. The molecule has 0 spiro atoms. The molecule has 0 atom stereocenters. The molecule has 0 aliphatic heterocycles. The van der Waals surface area contributed by atoms with E-state index < -0.39 is 10.0 Å². The number of nitrogens with zero attached hydrogens (tertiary/aromatic N) is 2. The van der Waals surface area contributed by atoms with Gasteiger partial charge < -0.3 is 5.32 Å². The largest absolute Gasteiger partial charge is 0.316 e. The summed E-state index contributed by atoms with van der Waals surface area (Å²) >= 11 is 4.54. The third kappa shape index (κ3) is 4.00. The summed E-state index contributed by atoms with van der Waals surface area (Å²) in [6.07, 6.45) is 0.724. The van der Waals surface area contributed by atoms with Crippen LogP contribution in [0, 0.1) is 0 Å². The summed E-state index contributed by atoms with van der Waals surface area (Å²) in [5, 5.41) is 11.8. The quantitative estimate of drug-likeness (QED) is 0.790. The fourth-order valence-electron chi connectivity index (χ4n) is 1.68. The number of hydrogen-bond donors (Lipinski definition) is 2. The SMILES string of the molecule is CCc1nnc(NS(=O)(=O)c2ccc(CNC)cc2Br)s1. The van der Waals surface area contributed by atoms with Gasteiger partial charge in [0.1, 0.15) is 9.90 Å². The smallest absolute Gasteiger partial charge is 0.264 e. The van der Waals surface area contributed by atoms with E-state index in [9.17, 15) is 8.42 Å². The highest BCUT2D eigenvalue weighted by Crippen LogP contribution is 2.26. The molecular weight excluding hydrogens is 376 g/mol. The lowest BCUT2D eigenvalue weighted by molar-refractivity contribution is 0.600. The van der Waals surface area contributed by atoms with Gasteiger partial charge in [0.2, 0.25) is 5.13 Å². The first-order valence-corrected chi connectivity index (χ1v) is 9.33. The molecule has 0 unspecified atom stereocenters. The molecule has 2 N–H and O–H groups in total. The van der Waals surface area contributed by atoms with E-state index in [1.54, 1.807) is 18.2 Å². The number of benzene rings is 1. The van der Waals surface area contributed by atoms with Gasteiger partial charge in [0, 0.05) is 11.0 Å². The molecule has 2 aromatic rings. The van der Waals surface area contributed by atoms with E-state index in [1.165, 1.54) is 11.3 Å². The van der Waals surface area contributed by atoms with Gasteiger partial charge in [-0.2, -0.15) is 0 Å². The molecule has 0 fully saturated rings. The molecule has 1 aromatic heterocycles. The minimum absolute atomic E-state index is 0.176. The van der Waals surface area contributed by atoms with Gasteiger partial charge in [-0.05, 0) is 47.1 Å². The highest BCUT2D eigenvalue weighted by Gasteiger charge is 2.19. The molecule has 0 aliphatic carbocycles. The minimum atomic E-state index is -3.68. The van der Waals surface area contributed by atoms with Crippen molar-refractivity contribution >= 4 is 42.4 Å². The summed E-state index contributed by atoms with van der Waals surface area (Å²) in [6.45, 7) is 2.61. The van der Waals surface area contributed by atoms with Crippen LogP contribution in [0.3, 0.4) is 0 Å². The van der Waals surface area contributed by atoms with Crippen molar-refractivity contribution in [1.29, 1.82) is 0 Å². The van der Waals surface area contributed by atoms with Crippen LogP contribution < -0.4 is 10.0 Å². The lowest BCUT2D eigenvalue weighted by Gasteiger charge is -2.08. The maximum Gasteiger partial charge on any atom is 0.264 e. The van der Waals surface area contributed by atoms with Gasteiger partial charge in [-0.25, -0.2) is 8.42 Å². The van der Waals surface area contributed by atoms with E-state index in [-0.39, 0.29) is 10.0 Å². The number of anilines is 1. The Morgan fingerprint density at radius 1 is 1.33 bits per heavy atom. The molecule has 9 heteroatoms. The Kier molecular flexibility index (Phi) is 5.31. The summed E-state index contributed by atoms with van der Waals surface area (Å²) in [5.41, 5.74) is 0.993. The van der Waals surface area contributed by atoms with Crippen molar-refractivity contribution in [3.63, 3.8) is 0 Å². The van der Waals surface area contributed by atoms with Gasteiger partial charge in [-0.1, -0.05) is 24.3 Å². The zero-order valence-corrected chi connectivity index (χ0v) is 14.8. The molecule has 2 rings (SSSR count). The first kappa shape index (κ1) is 16.3. The predicted octanol–water partition coefficient (Wildman–Crippen LogP) is 2.38. The van der Waals surface area contributed by atoms with Crippen molar-refractivity contribution in [3.8, 4) is 0 Å². The average Bonchev–Trinajstić information content (AvgIpc) is 2.85. The van der Waals surface area contributed by atoms with Crippen molar-refractivity contribution in [2.24, 2.45) is 0 Å². The van der Waals surface area contributed by atoms with E-state index in [2.05, 4.69) is 36.2 Å².